The van der Waals surface area contributed by atoms with Gasteiger partial charge in [-0.25, -0.2) is 15.0 Å². The number of nitrogens with zero attached hydrogens (tertiary/aromatic N) is 5. The Morgan fingerprint density at radius 1 is 1.19 bits per heavy atom. The third kappa shape index (κ3) is 3.41. The maximum atomic E-state index is 13.5. The summed E-state index contributed by atoms with van der Waals surface area (Å²) in [5, 5.41) is 0. The third-order valence-corrected chi connectivity index (χ3v) is 5.79. The van der Waals surface area contributed by atoms with E-state index in [1.165, 1.54) is 18.3 Å². The average Bonchev–Trinajstić information content (AvgIpc) is 3.46. The summed E-state index contributed by atoms with van der Waals surface area (Å²) in [5.74, 6) is 0.0262. The van der Waals surface area contributed by atoms with Crippen molar-refractivity contribution in [3.8, 4) is 0 Å². The summed E-state index contributed by atoms with van der Waals surface area (Å²) in [6, 6.07) is 6.19. The molecule has 32 heavy (non-hydrogen) atoms. The number of alkyl halides is 3. The molecule has 2 N–H and O–H groups in total. The monoisotopic (exact) mass is 440 g/mol. The zero-order valence-electron chi connectivity index (χ0n) is 17.0. The molecule has 1 saturated carbocycles. The van der Waals surface area contributed by atoms with E-state index in [4.69, 9.17) is 5.73 Å². The Morgan fingerprint density at radius 2 is 1.91 bits per heavy atom. The van der Waals surface area contributed by atoms with Crippen LogP contribution in [0, 0.1) is 0 Å². The van der Waals surface area contributed by atoms with Gasteiger partial charge in [-0.2, -0.15) is 13.2 Å². The molecule has 1 unspecified atom stereocenters. The van der Waals surface area contributed by atoms with Gasteiger partial charge >= 0.3 is 6.18 Å². The number of halogens is 3. The molecule has 0 saturated heterocycles. The van der Waals surface area contributed by atoms with Gasteiger partial charge in [0.15, 0.2) is 0 Å². The van der Waals surface area contributed by atoms with E-state index in [-0.39, 0.29) is 17.6 Å². The van der Waals surface area contributed by atoms with Gasteiger partial charge in [-0.3, -0.25) is 9.20 Å². The Kier molecular flexibility index (Phi) is 4.54. The zero-order valence-corrected chi connectivity index (χ0v) is 17.0. The van der Waals surface area contributed by atoms with Crippen LogP contribution in [0.4, 0.5) is 19.0 Å². The van der Waals surface area contributed by atoms with Gasteiger partial charge in [-0.15, -0.1) is 0 Å². The van der Waals surface area contributed by atoms with Gasteiger partial charge in [-0.05, 0) is 43.5 Å². The number of hydrogen-bond acceptors (Lipinski definition) is 5. The van der Waals surface area contributed by atoms with E-state index >= 15 is 0 Å². The van der Waals surface area contributed by atoms with Gasteiger partial charge in [-0.1, -0.05) is 12.1 Å². The van der Waals surface area contributed by atoms with Crippen LogP contribution in [0.5, 0.6) is 0 Å². The number of amides is 1. The summed E-state index contributed by atoms with van der Waals surface area (Å²) in [5.41, 5.74) is 7.89. The average molecular weight is 440 g/mol. The Labute approximate surface area is 180 Å². The number of anilines is 1. The van der Waals surface area contributed by atoms with Crippen LogP contribution in [0.2, 0.25) is 0 Å². The lowest BCUT2D eigenvalue weighted by atomic mass is 10.0. The zero-order chi connectivity index (χ0) is 22.6. The first-order valence-corrected chi connectivity index (χ1v) is 10.1. The maximum Gasteiger partial charge on any atom is 0.416 e. The summed E-state index contributed by atoms with van der Waals surface area (Å²) in [6.07, 6.45) is 1.95. The molecular weight excluding hydrogens is 421 g/mol. The lowest BCUT2D eigenvalue weighted by molar-refractivity contribution is -0.137. The topological polar surface area (TPSA) is 89.4 Å². The van der Waals surface area contributed by atoms with Crippen LogP contribution in [-0.4, -0.2) is 36.2 Å². The number of imidazole rings is 1. The molecule has 1 amide bonds. The molecule has 3 heterocycles. The highest BCUT2D eigenvalue weighted by atomic mass is 19.4. The second kappa shape index (κ2) is 7.18. The molecule has 0 aliphatic heterocycles. The van der Waals surface area contributed by atoms with Gasteiger partial charge in [0.05, 0.1) is 35.8 Å². The molecule has 0 bridgehead atoms. The summed E-state index contributed by atoms with van der Waals surface area (Å²) in [4.78, 5) is 27.9. The van der Waals surface area contributed by atoms with Crippen LogP contribution in [0.15, 0.2) is 49.1 Å². The number of benzene rings is 1. The molecule has 1 fully saturated rings. The minimum Gasteiger partial charge on any atom is -0.382 e. The van der Waals surface area contributed by atoms with Crippen LogP contribution in [-0.2, 0) is 6.18 Å². The van der Waals surface area contributed by atoms with Crippen molar-refractivity contribution in [2.75, 3.05) is 5.73 Å². The number of nitrogens with two attached hydrogens (primary N) is 1. The molecule has 1 aliphatic rings. The van der Waals surface area contributed by atoms with Gasteiger partial charge in [0, 0.05) is 6.04 Å². The van der Waals surface area contributed by atoms with Gasteiger partial charge in [0.1, 0.15) is 22.5 Å². The molecular formula is C22H19F3N6O. The first kappa shape index (κ1) is 20.2. The fraction of sp³-hybridized carbons (Fsp3) is 0.273. The predicted molar refractivity (Wildman–Crippen MR) is 112 cm³/mol. The van der Waals surface area contributed by atoms with Crippen molar-refractivity contribution in [1.29, 1.82) is 0 Å². The van der Waals surface area contributed by atoms with Crippen molar-refractivity contribution in [1.82, 2.24) is 24.3 Å². The normalized spacial score (nSPS) is 15.2. The predicted octanol–water partition coefficient (Wildman–Crippen LogP) is 4.24. The molecule has 4 aromatic rings. The lowest BCUT2D eigenvalue weighted by Gasteiger charge is -2.29. The lowest BCUT2D eigenvalue weighted by Crippen LogP contribution is -2.36. The van der Waals surface area contributed by atoms with Crippen LogP contribution in [0.1, 0.15) is 47.4 Å². The van der Waals surface area contributed by atoms with Gasteiger partial charge in [0.25, 0.3) is 5.91 Å². The first-order valence-electron chi connectivity index (χ1n) is 10.1. The van der Waals surface area contributed by atoms with E-state index in [2.05, 4.69) is 15.0 Å². The summed E-state index contributed by atoms with van der Waals surface area (Å²) >= 11 is 0. The smallest absolute Gasteiger partial charge is 0.382 e. The Morgan fingerprint density at radius 3 is 2.56 bits per heavy atom. The standard InChI is InChI=1S/C22H19F3N6O/c1-12(13-2-4-14(5-3-13)22(23,24)25)31(15-6-7-15)21(32)16-8-18-17(9-28-16)29-20(26)19-10-27-11-30(18)19/h2-5,8-12,15H,6-7H2,1H3,(H2,26,29). The summed E-state index contributed by atoms with van der Waals surface area (Å²) < 4.78 is 40.5. The number of aromatic nitrogens is 4. The van der Waals surface area contributed by atoms with E-state index in [1.807, 2.05) is 6.92 Å². The number of rotatable bonds is 4. The summed E-state index contributed by atoms with van der Waals surface area (Å²) in [7, 11) is 0. The minimum atomic E-state index is -4.40. The van der Waals surface area contributed by atoms with E-state index in [1.54, 1.807) is 27.9 Å². The quantitative estimate of drug-likeness (QED) is 0.513. The highest BCUT2D eigenvalue weighted by Gasteiger charge is 2.38. The van der Waals surface area contributed by atoms with Crippen LogP contribution in [0.25, 0.3) is 16.6 Å². The number of nitrogen functional groups attached to an aromatic ring is 1. The van der Waals surface area contributed by atoms with Crippen molar-refractivity contribution >= 4 is 28.3 Å². The Bertz CT molecular complexity index is 1330. The van der Waals surface area contributed by atoms with E-state index in [0.29, 0.717) is 27.9 Å². The van der Waals surface area contributed by atoms with Crippen molar-refractivity contribution in [2.24, 2.45) is 0 Å². The summed E-state index contributed by atoms with van der Waals surface area (Å²) in [6.45, 7) is 1.82. The fourth-order valence-corrected chi connectivity index (χ4v) is 3.95. The Hall–Kier alpha value is -3.69. The molecule has 164 valence electrons. The van der Waals surface area contributed by atoms with E-state index in [0.717, 1.165) is 25.0 Å². The fourth-order valence-electron chi connectivity index (χ4n) is 3.95. The number of carbonyl (C=O) groups is 1. The largest absolute Gasteiger partial charge is 0.416 e. The molecule has 0 spiro atoms. The molecule has 7 nitrogen and oxygen atoms in total. The van der Waals surface area contributed by atoms with Gasteiger partial charge in [0.2, 0.25) is 0 Å². The SMILES string of the molecule is CC(c1ccc(C(F)(F)F)cc1)N(C(=O)c1cc2c(cn1)nc(N)c1cncn12)C1CC1. The first-order chi connectivity index (χ1) is 15.2. The van der Waals surface area contributed by atoms with Crippen LogP contribution < -0.4 is 5.73 Å². The van der Waals surface area contributed by atoms with E-state index in [9.17, 15) is 18.0 Å². The molecule has 5 rings (SSSR count). The second-order valence-electron chi connectivity index (χ2n) is 7.94. The molecule has 1 aliphatic carbocycles. The molecule has 1 atom stereocenters. The number of carbonyl (C=O) groups excluding carboxylic acids is 1. The van der Waals surface area contributed by atoms with Crippen LogP contribution >= 0.6 is 0 Å². The van der Waals surface area contributed by atoms with Crippen molar-refractivity contribution < 1.29 is 18.0 Å². The van der Waals surface area contributed by atoms with Gasteiger partial charge < -0.3 is 10.6 Å². The highest BCUT2D eigenvalue weighted by molar-refractivity contribution is 5.96. The van der Waals surface area contributed by atoms with Crippen molar-refractivity contribution in [2.45, 2.75) is 38.0 Å². The van der Waals surface area contributed by atoms with Crippen molar-refractivity contribution in [3.63, 3.8) is 0 Å². The minimum absolute atomic E-state index is 0.0232. The molecule has 1 aromatic carbocycles. The van der Waals surface area contributed by atoms with Crippen LogP contribution in [0.3, 0.4) is 0 Å². The maximum absolute atomic E-state index is 13.5. The highest BCUT2D eigenvalue weighted by Crippen LogP contribution is 2.37. The number of fused-ring (bicyclic) bond motifs is 3. The number of hydrogen-bond donors (Lipinski definition) is 1. The number of pyridine rings is 1. The van der Waals surface area contributed by atoms with Crippen molar-refractivity contribution in [3.05, 3.63) is 65.9 Å². The molecule has 10 heteroatoms. The van der Waals surface area contributed by atoms with E-state index < -0.39 is 17.8 Å². The Balaban J connectivity index is 1.51. The molecule has 0 radical (unpaired) electrons. The molecule has 3 aromatic heterocycles. The second-order valence-corrected chi connectivity index (χ2v) is 7.94. The third-order valence-electron chi connectivity index (χ3n) is 5.79.